The van der Waals surface area contributed by atoms with Crippen molar-refractivity contribution in [2.24, 2.45) is 4.99 Å². The predicted molar refractivity (Wildman–Crippen MR) is 93.7 cm³/mol. The highest BCUT2D eigenvalue weighted by Gasteiger charge is 2.38. The van der Waals surface area contributed by atoms with Crippen molar-refractivity contribution in [1.29, 1.82) is 0 Å². The van der Waals surface area contributed by atoms with Gasteiger partial charge in [0.1, 0.15) is 0 Å². The molecule has 128 valence electrons. The van der Waals surface area contributed by atoms with Gasteiger partial charge in [0.05, 0.1) is 5.60 Å². The Labute approximate surface area is 142 Å². The number of nitrogens with zero attached hydrogens (tertiary/aromatic N) is 2. The third kappa shape index (κ3) is 3.60. The van der Waals surface area contributed by atoms with Crippen molar-refractivity contribution in [3.05, 3.63) is 11.1 Å². The lowest BCUT2D eigenvalue weighted by molar-refractivity contribution is -0.140. The number of thioether (sulfide) groups is 1. The van der Waals surface area contributed by atoms with Gasteiger partial charge in [-0.2, -0.15) is 0 Å². The average molecular weight is 337 g/mol. The molecule has 0 unspecified atom stereocenters. The van der Waals surface area contributed by atoms with E-state index in [-0.39, 0.29) is 5.60 Å². The summed E-state index contributed by atoms with van der Waals surface area (Å²) in [6.45, 7) is 5.78. The van der Waals surface area contributed by atoms with Crippen LogP contribution in [0.5, 0.6) is 0 Å². The molecule has 1 spiro atoms. The van der Waals surface area contributed by atoms with Gasteiger partial charge in [-0.25, -0.2) is 0 Å². The van der Waals surface area contributed by atoms with E-state index in [0.29, 0.717) is 6.04 Å². The van der Waals surface area contributed by atoms with Gasteiger partial charge in [0.25, 0.3) is 0 Å². The zero-order valence-corrected chi connectivity index (χ0v) is 14.6. The van der Waals surface area contributed by atoms with E-state index in [2.05, 4.69) is 20.6 Å². The lowest BCUT2D eigenvalue weighted by atomic mass is 9.84. The van der Waals surface area contributed by atoms with Crippen LogP contribution in [-0.2, 0) is 9.47 Å². The van der Waals surface area contributed by atoms with E-state index in [1.165, 1.54) is 17.3 Å². The van der Waals surface area contributed by atoms with E-state index in [0.717, 1.165) is 71.6 Å². The molecule has 2 saturated heterocycles. The van der Waals surface area contributed by atoms with Crippen molar-refractivity contribution < 1.29 is 9.47 Å². The molecule has 0 radical (unpaired) electrons. The second kappa shape index (κ2) is 7.13. The van der Waals surface area contributed by atoms with Crippen molar-refractivity contribution in [3.8, 4) is 0 Å². The molecule has 0 aromatic carbocycles. The van der Waals surface area contributed by atoms with E-state index in [9.17, 15) is 0 Å². The molecule has 1 N–H and O–H groups in total. The Hall–Kier alpha value is -0.560. The molecule has 23 heavy (non-hydrogen) atoms. The van der Waals surface area contributed by atoms with Gasteiger partial charge in [-0.3, -0.25) is 4.99 Å². The number of ether oxygens (including phenoxy) is 2. The maximum Gasteiger partial charge on any atom is 0.167 e. The number of rotatable bonds is 4. The lowest BCUT2D eigenvalue weighted by Gasteiger charge is -2.43. The molecule has 0 aromatic heterocycles. The zero-order chi connectivity index (χ0) is 15.5. The minimum Gasteiger partial charge on any atom is -0.381 e. The third-order valence-corrected chi connectivity index (χ3v) is 6.33. The first-order valence-corrected chi connectivity index (χ1v) is 9.85. The summed E-state index contributed by atoms with van der Waals surface area (Å²) in [5.41, 5.74) is 1.53. The van der Waals surface area contributed by atoms with Gasteiger partial charge in [-0.05, 0) is 37.5 Å². The summed E-state index contributed by atoms with van der Waals surface area (Å²) >= 11 is 1.79. The highest BCUT2D eigenvalue weighted by Crippen LogP contribution is 2.34. The quantitative estimate of drug-likeness (QED) is 0.853. The van der Waals surface area contributed by atoms with E-state index in [1.807, 2.05) is 0 Å². The Kier molecular flexibility index (Phi) is 4.94. The van der Waals surface area contributed by atoms with Crippen molar-refractivity contribution >= 4 is 16.9 Å². The topological polar surface area (TPSA) is 46.1 Å². The molecule has 1 atom stereocenters. The van der Waals surface area contributed by atoms with Crippen molar-refractivity contribution in [2.75, 3.05) is 39.5 Å². The minimum absolute atomic E-state index is 0.0866. The summed E-state index contributed by atoms with van der Waals surface area (Å²) in [7, 11) is 0. The molecule has 0 amide bonds. The van der Waals surface area contributed by atoms with Crippen LogP contribution in [-0.4, -0.2) is 61.2 Å². The molecule has 4 rings (SSSR count). The summed E-state index contributed by atoms with van der Waals surface area (Å²) in [6.07, 6.45) is 6.66. The number of hydrogen-bond donors (Lipinski definition) is 1. The standard InChI is InChI=1S/C17H27N3O2S/c1-6-19-16-20(8-1)15(13-23-16)2-7-18-14-3-9-22-17(12-14)4-10-21-11-5-17/h13-14,18H,1-12H2/t14-/m1/s1. The molecule has 6 heteroatoms. The van der Waals surface area contributed by atoms with Crippen LogP contribution in [0.25, 0.3) is 0 Å². The fourth-order valence-corrected chi connectivity index (χ4v) is 5.02. The SMILES string of the molecule is C1=C(CCN[C@@H]2CCOC3(CCOCC3)C2)N2CCCN=C2S1. The van der Waals surface area contributed by atoms with Gasteiger partial charge in [-0.15, -0.1) is 0 Å². The molecule has 4 heterocycles. The average Bonchev–Trinajstić information content (AvgIpc) is 2.99. The Morgan fingerprint density at radius 2 is 2.26 bits per heavy atom. The molecule has 2 fully saturated rings. The normalized spacial score (nSPS) is 30.1. The molecular formula is C17H27N3O2S. The summed E-state index contributed by atoms with van der Waals surface area (Å²) < 4.78 is 11.6. The molecule has 5 nitrogen and oxygen atoms in total. The van der Waals surface area contributed by atoms with E-state index in [1.54, 1.807) is 11.8 Å². The first-order valence-electron chi connectivity index (χ1n) is 8.97. The van der Waals surface area contributed by atoms with Crippen molar-refractivity contribution in [3.63, 3.8) is 0 Å². The van der Waals surface area contributed by atoms with Crippen LogP contribution in [0.3, 0.4) is 0 Å². The first-order chi connectivity index (χ1) is 11.3. The Bertz CT molecular complexity index is 483. The highest BCUT2D eigenvalue weighted by atomic mass is 32.2. The Balaban J connectivity index is 1.25. The fourth-order valence-electron chi connectivity index (χ4n) is 4.03. The van der Waals surface area contributed by atoms with Gasteiger partial charge in [0, 0.05) is 57.6 Å². The van der Waals surface area contributed by atoms with Crippen molar-refractivity contribution in [1.82, 2.24) is 10.2 Å². The van der Waals surface area contributed by atoms with Gasteiger partial charge < -0.3 is 19.7 Å². The van der Waals surface area contributed by atoms with Gasteiger partial charge >= 0.3 is 0 Å². The molecule has 0 aliphatic carbocycles. The molecule has 0 bridgehead atoms. The van der Waals surface area contributed by atoms with E-state index < -0.39 is 0 Å². The third-order valence-electron chi connectivity index (χ3n) is 5.38. The van der Waals surface area contributed by atoms with Crippen LogP contribution in [0.15, 0.2) is 16.1 Å². The second-order valence-electron chi connectivity index (χ2n) is 6.93. The predicted octanol–water partition coefficient (Wildman–Crippen LogP) is 2.34. The van der Waals surface area contributed by atoms with Crippen LogP contribution in [0.1, 0.15) is 38.5 Å². The minimum atomic E-state index is 0.0866. The van der Waals surface area contributed by atoms with E-state index >= 15 is 0 Å². The van der Waals surface area contributed by atoms with Crippen LogP contribution < -0.4 is 5.32 Å². The monoisotopic (exact) mass is 337 g/mol. The molecular weight excluding hydrogens is 310 g/mol. The zero-order valence-electron chi connectivity index (χ0n) is 13.8. The number of fused-ring (bicyclic) bond motifs is 1. The lowest BCUT2D eigenvalue weighted by Crippen LogP contribution is -2.50. The number of hydrogen-bond acceptors (Lipinski definition) is 6. The summed E-state index contributed by atoms with van der Waals surface area (Å²) in [6, 6.07) is 0.589. The summed E-state index contributed by atoms with van der Waals surface area (Å²) in [4.78, 5) is 7.00. The second-order valence-corrected chi connectivity index (χ2v) is 7.77. The Morgan fingerprint density at radius 3 is 3.17 bits per heavy atom. The number of aliphatic imine (C=N–C) groups is 1. The van der Waals surface area contributed by atoms with Crippen LogP contribution in [0.4, 0.5) is 0 Å². The van der Waals surface area contributed by atoms with Crippen LogP contribution in [0, 0.1) is 0 Å². The molecule has 0 saturated carbocycles. The largest absolute Gasteiger partial charge is 0.381 e. The van der Waals surface area contributed by atoms with Gasteiger partial charge in [0.2, 0.25) is 0 Å². The van der Waals surface area contributed by atoms with Gasteiger partial charge in [-0.1, -0.05) is 11.8 Å². The number of amidine groups is 1. The maximum absolute atomic E-state index is 6.13. The van der Waals surface area contributed by atoms with Crippen molar-refractivity contribution in [2.45, 2.75) is 50.2 Å². The number of nitrogens with one attached hydrogen (secondary N) is 1. The summed E-state index contributed by atoms with van der Waals surface area (Å²) in [5.74, 6) is 0. The van der Waals surface area contributed by atoms with E-state index in [4.69, 9.17) is 9.47 Å². The molecule has 4 aliphatic heterocycles. The first kappa shape index (κ1) is 15.9. The summed E-state index contributed by atoms with van der Waals surface area (Å²) in [5, 5.41) is 7.27. The maximum atomic E-state index is 6.13. The van der Waals surface area contributed by atoms with Gasteiger partial charge in [0.15, 0.2) is 5.17 Å². The fraction of sp³-hybridized carbons (Fsp3) is 0.824. The smallest absolute Gasteiger partial charge is 0.167 e. The molecule has 4 aliphatic rings. The van der Waals surface area contributed by atoms with Crippen LogP contribution >= 0.6 is 11.8 Å². The Morgan fingerprint density at radius 1 is 1.35 bits per heavy atom. The highest BCUT2D eigenvalue weighted by molar-refractivity contribution is 8.16. The molecule has 0 aromatic rings. The van der Waals surface area contributed by atoms with Crippen LogP contribution in [0.2, 0.25) is 0 Å².